The molecule has 3 fully saturated rings. The van der Waals surface area contributed by atoms with Crippen LogP contribution in [0.1, 0.15) is 150 Å². The largest absolute Gasteiger partial charge is 0.495 e. The highest BCUT2D eigenvalue weighted by Gasteiger charge is 2.43. The average molecular weight is 1620 g/mol. The number of urea groups is 1. The highest BCUT2D eigenvalue weighted by Crippen LogP contribution is 2.42. The molecule has 626 valence electrons. The quantitative estimate of drug-likeness (QED) is 0.0140. The van der Waals surface area contributed by atoms with Crippen molar-refractivity contribution in [2.24, 2.45) is 11.7 Å². The molecule has 35 nitrogen and oxygen atoms in total. The maximum atomic E-state index is 14.4. The van der Waals surface area contributed by atoms with Crippen LogP contribution >= 0.6 is 0 Å². The molecule has 12 amide bonds. The molecule has 11 rings (SSSR count). The predicted octanol–water partition coefficient (Wildman–Crippen LogP) is 5.73. The summed E-state index contributed by atoms with van der Waals surface area (Å²) in [7, 11) is 3.36. The van der Waals surface area contributed by atoms with Gasteiger partial charge in [0.2, 0.25) is 41.4 Å². The minimum absolute atomic E-state index is 0.0377. The number of fused-ring (bicyclic) bond motifs is 2. The van der Waals surface area contributed by atoms with E-state index in [-0.39, 0.29) is 171 Å². The summed E-state index contributed by atoms with van der Waals surface area (Å²) in [6, 6.07) is 13.6. The van der Waals surface area contributed by atoms with E-state index in [4.69, 9.17) is 43.9 Å². The van der Waals surface area contributed by atoms with Crippen LogP contribution in [0.5, 0.6) is 5.75 Å². The van der Waals surface area contributed by atoms with E-state index < -0.39 is 59.8 Å². The number of benzene rings is 3. The van der Waals surface area contributed by atoms with Crippen molar-refractivity contribution in [3.8, 4) is 28.8 Å². The number of aromatic nitrogens is 5. The molecule has 0 radical (unpaired) electrons. The second-order valence-electron chi connectivity index (χ2n) is 29.6. The lowest BCUT2D eigenvalue weighted by atomic mass is 9.90. The molecule has 6 heterocycles. The zero-order chi connectivity index (χ0) is 82.9. The molecule has 3 aromatic carbocycles. The van der Waals surface area contributed by atoms with Gasteiger partial charge in [-0.05, 0) is 118 Å². The third kappa shape index (κ3) is 23.2. The molecule has 0 spiro atoms. The highest BCUT2D eigenvalue weighted by molar-refractivity contribution is 6.13. The Balaban J connectivity index is 0.672. The number of imide groups is 2. The number of ether oxygens (including phenoxy) is 7. The standard InChI is InChI=1S/C82H105N17O18/c1-6-65-79(108)94(4)67-48-85-81(91-74(67)99(65)59-15-7-8-16-59)88-62-28-21-55(47-68(62)111-5)64-50-98(93-92-64)58-26-24-57(25-27-58)95(35-39-112-37-10-9-13-54-14-11-17-60-61(54)49-97(78(60)107)66-29-30-69(100)90-76(66)105)82(110)117-51-53-19-22-56(23-20-53)86-75(104)63(18-12-34-84-80(83)109)87-77(106)73(52(2)3)89-70(101)33-38-113-41-43-115-45-46-116-44-42-114-40-36-96-71(102)31-32-72(96)103/h11,14,17,19-23,28,31-32,47-48,50,52,57-59,63,65-66,73H,6-8,10,12,15-16,18,24-27,29-30,33-46,49,51H2,1-5H3,(H,86,104)(H,87,106)(H,89,101)(H3,83,84,109)(H,85,88,91)(H,90,100,105)/t57?,58?,63-,65+,66?,73?/m0/s1. The van der Waals surface area contributed by atoms with Crippen molar-refractivity contribution in [1.29, 1.82) is 0 Å². The molecule has 4 aliphatic heterocycles. The van der Waals surface area contributed by atoms with E-state index in [1.54, 1.807) is 80.4 Å². The molecule has 2 aliphatic carbocycles. The highest BCUT2D eigenvalue weighted by atomic mass is 16.6. The number of nitrogens with zero attached hydrogens (tertiary/aromatic N) is 10. The number of carbonyl (C=O) groups is 11. The predicted molar refractivity (Wildman–Crippen MR) is 427 cm³/mol. The lowest BCUT2D eigenvalue weighted by Crippen LogP contribution is -2.55. The number of nitrogens with two attached hydrogens (primary N) is 1. The van der Waals surface area contributed by atoms with Gasteiger partial charge in [-0.2, -0.15) is 4.98 Å². The van der Waals surface area contributed by atoms with Crippen molar-refractivity contribution in [1.82, 2.24) is 60.9 Å². The summed E-state index contributed by atoms with van der Waals surface area (Å²) in [5.74, 6) is 4.10. The monoisotopic (exact) mass is 1620 g/mol. The van der Waals surface area contributed by atoms with Gasteiger partial charge in [-0.3, -0.25) is 53.4 Å². The number of hydrogen-bond donors (Lipinski definition) is 7. The Morgan fingerprint density at radius 2 is 1.50 bits per heavy atom. The van der Waals surface area contributed by atoms with Crippen molar-refractivity contribution < 1.29 is 85.9 Å². The lowest BCUT2D eigenvalue weighted by molar-refractivity contribution is -0.138. The van der Waals surface area contributed by atoms with Crippen LogP contribution in [0.2, 0.25) is 0 Å². The van der Waals surface area contributed by atoms with E-state index in [0.717, 1.165) is 42.0 Å². The van der Waals surface area contributed by atoms with Crippen molar-refractivity contribution in [2.75, 3.05) is 120 Å². The molecule has 4 atom stereocenters. The molecule has 2 unspecified atom stereocenters. The molecule has 2 aromatic heterocycles. The Morgan fingerprint density at radius 1 is 0.786 bits per heavy atom. The summed E-state index contributed by atoms with van der Waals surface area (Å²) >= 11 is 0. The van der Waals surface area contributed by atoms with Crippen LogP contribution in [-0.2, 0) is 79.9 Å². The molecule has 6 aliphatic rings. The fraction of sp³-hybridized carbons (Fsp3) is 0.524. The summed E-state index contributed by atoms with van der Waals surface area (Å²) < 4.78 is 42.0. The molecule has 5 aromatic rings. The molecular weight excluding hydrogens is 1510 g/mol. The lowest BCUT2D eigenvalue weighted by Gasteiger charge is -2.43. The fourth-order valence-corrected chi connectivity index (χ4v) is 15.1. The zero-order valence-electron chi connectivity index (χ0n) is 66.8. The van der Waals surface area contributed by atoms with Crippen LogP contribution in [0, 0.1) is 17.8 Å². The van der Waals surface area contributed by atoms with E-state index in [2.05, 4.69) is 63.9 Å². The van der Waals surface area contributed by atoms with E-state index in [1.165, 1.54) is 17.1 Å². The smallest absolute Gasteiger partial charge is 0.410 e. The van der Waals surface area contributed by atoms with Gasteiger partial charge in [0.1, 0.15) is 47.9 Å². The first-order valence-corrected chi connectivity index (χ1v) is 40.1. The molecule has 2 saturated carbocycles. The second kappa shape index (κ2) is 42.4. The minimum Gasteiger partial charge on any atom is -0.495 e. The Morgan fingerprint density at radius 3 is 2.19 bits per heavy atom. The van der Waals surface area contributed by atoms with Crippen LogP contribution in [0.15, 0.2) is 85.2 Å². The van der Waals surface area contributed by atoms with Gasteiger partial charge in [0.15, 0.2) is 5.82 Å². The number of carbonyl (C=O) groups excluding carboxylic acids is 11. The maximum Gasteiger partial charge on any atom is 0.410 e. The van der Waals surface area contributed by atoms with E-state index in [9.17, 15) is 52.7 Å². The number of likely N-dealkylation sites (N-methyl/N-ethyl adjacent to an activating group) is 1. The van der Waals surface area contributed by atoms with Crippen molar-refractivity contribution in [3.63, 3.8) is 0 Å². The van der Waals surface area contributed by atoms with Gasteiger partial charge in [-0.25, -0.2) is 19.3 Å². The van der Waals surface area contributed by atoms with E-state index >= 15 is 0 Å². The van der Waals surface area contributed by atoms with Crippen LogP contribution in [0.25, 0.3) is 11.3 Å². The summed E-state index contributed by atoms with van der Waals surface area (Å²) in [5, 5.41) is 25.8. The van der Waals surface area contributed by atoms with Crippen molar-refractivity contribution >= 4 is 94.1 Å². The van der Waals surface area contributed by atoms with Crippen LogP contribution in [0.4, 0.5) is 38.4 Å². The van der Waals surface area contributed by atoms with E-state index in [0.29, 0.717) is 108 Å². The third-order valence-corrected chi connectivity index (χ3v) is 21.4. The van der Waals surface area contributed by atoms with Crippen LogP contribution in [0.3, 0.4) is 0 Å². The first-order chi connectivity index (χ1) is 56.7. The van der Waals surface area contributed by atoms with Crippen LogP contribution in [-0.4, -0.2) is 241 Å². The topological polar surface area (TPSA) is 423 Å². The first kappa shape index (κ1) is 86.4. The van der Waals surface area contributed by atoms with Crippen molar-refractivity contribution in [3.05, 3.63) is 107 Å². The second-order valence-corrected chi connectivity index (χ2v) is 29.6. The Bertz CT molecular complexity index is 4440. The molecule has 0 bridgehead atoms. The number of rotatable bonds is 41. The SMILES string of the molecule is CC[C@@H]1C(=O)N(C)c2cnc(Nc3ccc(-c4cn(C5CCC(N(CCOCCC#Cc6cccc7c6CN(C6CCC(=O)NC6=O)C7=O)C(=O)OCc6ccc(NC(=O)[C@H](CCCNC(N)=O)NC(=O)C(NC(=O)CCOCCOCCOCCOCCN7C(=O)C=CC7=O)C(C)C)cc6)CC5)nn4)cc3OC)nc2N1C1CCCC1. The summed E-state index contributed by atoms with van der Waals surface area (Å²) in [4.78, 5) is 160. The molecular formula is C82H105N17O18. The number of amides is 12. The average Bonchev–Trinajstić information content (AvgIpc) is 1.71. The van der Waals surface area contributed by atoms with Crippen LogP contribution < -0.4 is 52.2 Å². The summed E-state index contributed by atoms with van der Waals surface area (Å²) in [6.07, 6.45) is 13.9. The zero-order valence-corrected chi connectivity index (χ0v) is 66.8. The van der Waals surface area contributed by atoms with Gasteiger partial charge in [0, 0.05) is 92.6 Å². The molecule has 117 heavy (non-hydrogen) atoms. The van der Waals surface area contributed by atoms with E-state index in [1.807, 2.05) is 42.1 Å². The summed E-state index contributed by atoms with van der Waals surface area (Å²) in [6.45, 7) is 8.27. The maximum absolute atomic E-state index is 14.4. The Hall–Kier alpha value is -11.4. The third-order valence-electron chi connectivity index (χ3n) is 21.4. The number of methoxy groups -OCH3 is 1. The number of primary amides is 1. The minimum atomic E-state index is -1.12. The van der Waals surface area contributed by atoms with Gasteiger partial charge in [-0.1, -0.05) is 74.9 Å². The first-order valence-electron chi connectivity index (χ1n) is 40.1. The molecule has 8 N–H and O–H groups in total. The van der Waals surface area contributed by atoms with Gasteiger partial charge in [0.05, 0.1) is 104 Å². The Kier molecular flexibility index (Phi) is 31.3. The molecule has 35 heteroatoms. The van der Waals surface area contributed by atoms with Gasteiger partial charge in [-0.15, -0.1) is 5.10 Å². The number of nitrogens with one attached hydrogen (secondary N) is 6. The number of hydrogen-bond acceptors (Lipinski definition) is 24. The summed E-state index contributed by atoms with van der Waals surface area (Å²) in [5.41, 5.74) is 10.8. The normalized spacial score (nSPS) is 18.4. The van der Waals surface area contributed by atoms with Crippen molar-refractivity contribution in [2.45, 2.75) is 173 Å². The molecule has 1 saturated heterocycles. The Labute approximate surface area is 678 Å². The van der Waals surface area contributed by atoms with Gasteiger partial charge >= 0.3 is 12.1 Å². The van der Waals surface area contributed by atoms with Gasteiger partial charge in [0.25, 0.3) is 17.7 Å². The van der Waals surface area contributed by atoms with Gasteiger partial charge < -0.3 is 85.1 Å². The number of piperidine rings is 1. The number of anilines is 5. The fourth-order valence-electron chi connectivity index (χ4n) is 15.1.